The third-order valence-corrected chi connectivity index (χ3v) is 3.44. The van der Waals surface area contributed by atoms with Gasteiger partial charge in [-0.3, -0.25) is 0 Å². The van der Waals surface area contributed by atoms with Gasteiger partial charge in [0.2, 0.25) is 0 Å². The zero-order valence-electron chi connectivity index (χ0n) is 12.0. The van der Waals surface area contributed by atoms with Gasteiger partial charge in [-0.1, -0.05) is 12.1 Å². The topological polar surface area (TPSA) is 21.3 Å². The predicted octanol–water partition coefficient (Wildman–Crippen LogP) is 3.58. The van der Waals surface area contributed by atoms with Gasteiger partial charge in [-0.25, -0.2) is 0 Å². The maximum Gasteiger partial charge on any atom is 0.119 e. The van der Waals surface area contributed by atoms with E-state index in [-0.39, 0.29) is 5.54 Å². The molecule has 1 N–H and O–H groups in total. The molecule has 2 nitrogen and oxygen atoms in total. The van der Waals surface area contributed by atoms with Crippen molar-refractivity contribution in [2.75, 3.05) is 13.2 Å². The molecule has 0 aromatic heterocycles. The Morgan fingerprint density at radius 1 is 1.22 bits per heavy atom. The van der Waals surface area contributed by atoms with Crippen LogP contribution in [0.1, 0.15) is 45.6 Å². The van der Waals surface area contributed by atoms with E-state index in [2.05, 4.69) is 50.4 Å². The van der Waals surface area contributed by atoms with Gasteiger partial charge >= 0.3 is 0 Å². The van der Waals surface area contributed by atoms with Crippen LogP contribution in [0.2, 0.25) is 0 Å². The molecule has 2 rings (SSSR count). The Morgan fingerprint density at radius 3 is 2.44 bits per heavy atom. The Hall–Kier alpha value is -1.02. The van der Waals surface area contributed by atoms with Crippen LogP contribution in [-0.4, -0.2) is 18.7 Å². The van der Waals surface area contributed by atoms with Gasteiger partial charge in [0.25, 0.3) is 0 Å². The van der Waals surface area contributed by atoms with Gasteiger partial charge in [0.1, 0.15) is 5.75 Å². The molecule has 18 heavy (non-hydrogen) atoms. The first-order valence-corrected chi connectivity index (χ1v) is 6.97. The molecule has 1 saturated carbocycles. The summed E-state index contributed by atoms with van der Waals surface area (Å²) in [5, 5.41) is 3.59. The monoisotopic (exact) mass is 247 g/mol. The second kappa shape index (κ2) is 5.31. The van der Waals surface area contributed by atoms with E-state index in [0.717, 1.165) is 30.7 Å². The van der Waals surface area contributed by atoms with Crippen LogP contribution < -0.4 is 10.1 Å². The Labute approximate surface area is 111 Å². The van der Waals surface area contributed by atoms with E-state index >= 15 is 0 Å². The second-order valence-corrected chi connectivity index (χ2v) is 6.24. The molecule has 1 aliphatic rings. The molecular weight excluding hydrogens is 222 g/mol. The molecule has 2 atom stereocenters. The lowest BCUT2D eigenvalue weighted by molar-refractivity contribution is 0.340. The van der Waals surface area contributed by atoms with Gasteiger partial charge in [0.05, 0.1) is 6.61 Å². The Balaban J connectivity index is 1.83. The number of nitrogens with one attached hydrogen (secondary N) is 1. The molecule has 1 aliphatic carbocycles. The van der Waals surface area contributed by atoms with Crippen LogP contribution >= 0.6 is 0 Å². The molecule has 2 heteroatoms. The summed E-state index contributed by atoms with van der Waals surface area (Å²) in [7, 11) is 0. The lowest BCUT2D eigenvalue weighted by Crippen LogP contribution is -2.37. The minimum atomic E-state index is 0.228. The van der Waals surface area contributed by atoms with Crippen LogP contribution in [0.3, 0.4) is 0 Å². The highest BCUT2D eigenvalue weighted by Gasteiger charge is 2.38. The molecule has 0 amide bonds. The summed E-state index contributed by atoms with van der Waals surface area (Å²) in [6.07, 6.45) is 1.32. The minimum absolute atomic E-state index is 0.228. The molecule has 0 bridgehead atoms. The van der Waals surface area contributed by atoms with E-state index in [1.807, 2.05) is 6.92 Å². The summed E-state index contributed by atoms with van der Waals surface area (Å²) >= 11 is 0. The van der Waals surface area contributed by atoms with Gasteiger partial charge in [0, 0.05) is 5.54 Å². The highest BCUT2D eigenvalue weighted by atomic mass is 16.5. The van der Waals surface area contributed by atoms with Crippen LogP contribution in [0.25, 0.3) is 0 Å². The molecule has 1 aromatic rings. The highest BCUT2D eigenvalue weighted by Crippen LogP contribution is 2.47. The summed E-state index contributed by atoms with van der Waals surface area (Å²) in [6, 6.07) is 8.61. The third kappa shape index (κ3) is 3.74. The molecule has 1 fully saturated rings. The Bertz CT molecular complexity index is 377. The summed E-state index contributed by atoms with van der Waals surface area (Å²) in [5.41, 5.74) is 1.69. The van der Waals surface area contributed by atoms with Gasteiger partial charge < -0.3 is 10.1 Å². The highest BCUT2D eigenvalue weighted by molar-refractivity contribution is 5.32. The largest absolute Gasteiger partial charge is 0.494 e. The van der Waals surface area contributed by atoms with Crippen molar-refractivity contribution in [3.63, 3.8) is 0 Å². The molecule has 0 saturated heterocycles. The van der Waals surface area contributed by atoms with Gasteiger partial charge in [-0.2, -0.15) is 0 Å². The van der Waals surface area contributed by atoms with Crippen molar-refractivity contribution in [3.05, 3.63) is 29.8 Å². The zero-order chi connectivity index (χ0) is 13.2. The van der Waals surface area contributed by atoms with Crippen molar-refractivity contribution in [2.45, 2.75) is 45.6 Å². The molecule has 0 aliphatic heterocycles. The smallest absolute Gasteiger partial charge is 0.119 e. The first kappa shape index (κ1) is 13.4. The summed E-state index contributed by atoms with van der Waals surface area (Å²) in [6.45, 7) is 10.6. The Kier molecular flexibility index (Phi) is 3.96. The number of rotatable bonds is 5. The fourth-order valence-corrected chi connectivity index (χ4v) is 2.30. The average Bonchev–Trinajstić information content (AvgIpc) is 3.06. The Morgan fingerprint density at radius 2 is 1.89 bits per heavy atom. The van der Waals surface area contributed by atoms with Crippen LogP contribution in [-0.2, 0) is 0 Å². The SMILES string of the molecule is CCOc1ccc(C2CC2CNC(C)(C)C)cc1. The minimum Gasteiger partial charge on any atom is -0.494 e. The van der Waals surface area contributed by atoms with Crippen molar-refractivity contribution in [1.82, 2.24) is 5.32 Å². The number of ether oxygens (including phenoxy) is 1. The van der Waals surface area contributed by atoms with Crippen molar-refractivity contribution >= 4 is 0 Å². The maximum atomic E-state index is 5.47. The lowest BCUT2D eigenvalue weighted by Gasteiger charge is -2.20. The molecular formula is C16H25NO. The fraction of sp³-hybridized carbons (Fsp3) is 0.625. The van der Waals surface area contributed by atoms with E-state index in [0.29, 0.717) is 0 Å². The summed E-state index contributed by atoms with van der Waals surface area (Å²) < 4.78 is 5.47. The summed E-state index contributed by atoms with van der Waals surface area (Å²) in [4.78, 5) is 0. The molecule has 100 valence electrons. The molecule has 0 heterocycles. The lowest BCUT2D eigenvalue weighted by atomic mass is 10.1. The molecule has 2 unspecified atom stereocenters. The van der Waals surface area contributed by atoms with E-state index in [9.17, 15) is 0 Å². The number of hydrogen-bond acceptors (Lipinski definition) is 2. The van der Waals surface area contributed by atoms with Crippen molar-refractivity contribution < 1.29 is 4.74 Å². The predicted molar refractivity (Wildman–Crippen MR) is 76.2 cm³/mol. The summed E-state index contributed by atoms with van der Waals surface area (Å²) in [5.74, 6) is 2.53. The van der Waals surface area contributed by atoms with E-state index in [1.165, 1.54) is 12.0 Å². The van der Waals surface area contributed by atoms with Gasteiger partial charge in [-0.15, -0.1) is 0 Å². The van der Waals surface area contributed by atoms with Crippen LogP contribution in [0.15, 0.2) is 24.3 Å². The quantitative estimate of drug-likeness (QED) is 0.858. The van der Waals surface area contributed by atoms with E-state index < -0.39 is 0 Å². The fourth-order valence-electron chi connectivity index (χ4n) is 2.30. The molecule has 0 radical (unpaired) electrons. The second-order valence-electron chi connectivity index (χ2n) is 6.24. The third-order valence-electron chi connectivity index (χ3n) is 3.44. The van der Waals surface area contributed by atoms with Crippen LogP contribution in [0.5, 0.6) is 5.75 Å². The molecule has 1 aromatic carbocycles. The number of hydrogen-bond donors (Lipinski definition) is 1. The van der Waals surface area contributed by atoms with E-state index in [1.54, 1.807) is 0 Å². The van der Waals surface area contributed by atoms with Crippen molar-refractivity contribution in [2.24, 2.45) is 5.92 Å². The first-order valence-electron chi connectivity index (χ1n) is 6.97. The van der Waals surface area contributed by atoms with Gasteiger partial charge in [0.15, 0.2) is 0 Å². The normalized spacial score (nSPS) is 22.9. The molecule has 0 spiro atoms. The van der Waals surface area contributed by atoms with Crippen LogP contribution in [0.4, 0.5) is 0 Å². The standard InChI is InChI=1S/C16H25NO/c1-5-18-14-8-6-12(7-9-14)15-10-13(15)11-17-16(2,3)4/h6-9,13,15,17H,5,10-11H2,1-4H3. The zero-order valence-corrected chi connectivity index (χ0v) is 12.0. The van der Waals surface area contributed by atoms with Crippen molar-refractivity contribution in [3.8, 4) is 5.75 Å². The maximum absolute atomic E-state index is 5.47. The van der Waals surface area contributed by atoms with E-state index in [4.69, 9.17) is 4.74 Å². The first-order chi connectivity index (χ1) is 8.49. The average molecular weight is 247 g/mol. The van der Waals surface area contributed by atoms with Gasteiger partial charge in [-0.05, 0) is 70.2 Å². The van der Waals surface area contributed by atoms with Crippen LogP contribution in [0, 0.1) is 5.92 Å². The van der Waals surface area contributed by atoms with Crippen molar-refractivity contribution in [1.29, 1.82) is 0 Å². The number of benzene rings is 1.